The van der Waals surface area contributed by atoms with Crippen LogP contribution in [0.4, 0.5) is 0 Å². The smallest absolute Gasteiger partial charge is 0.0217 e. The van der Waals surface area contributed by atoms with Gasteiger partial charge in [-0.25, -0.2) is 0 Å². The largest absolute Gasteiger partial charge is 0.0732 e. The molecule has 2 aliphatic rings. The highest BCUT2D eigenvalue weighted by molar-refractivity contribution is 6.17. The second-order valence-electron chi connectivity index (χ2n) is 11.1. The van der Waals surface area contributed by atoms with E-state index in [9.17, 15) is 0 Å². The molecule has 0 radical (unpaired) electrons. The van der Waals surface area contributed by atoms with Crippen molar-refractivity contribution in [1.29, 1.82) is 0 Å². The van der Waals surface area contributed by atoms with Gasteiger partial charge in [0.2, 0.25) is 0 Å². The van der Waals surface area contributed by atoms with E-state index < -0.39 is 0 Å². The first-order valence-electron chi connectivity index (χ1n) is 13.2. The summed E-state index contributed by atoms with van der Waals surface area (Å²) in [7, 11) is 0. The number of rotatable bonds is 5. The molecule has 4 aromatic rings. The zero-order valence-electron chi connectivity index (χ0n) is 21.3. The Hall–Kier alpha value is -3.38. The third-order valence-corrected chi connectivity index (χ3v) is 7.57. The Bertz CT molecular complexity index is 1620. The summed E-state index contributed by atoms with van der Waals surface area (Å²) in [4.78, 5) is 0. The number of allylic oxidation sites excluding steroid dienone is 4. The zero-order chi connectivity index (χ0) is 24.1. The summed E-state index contributed by atoms with van der Waals surface area (Å²) in [6.07, 6.45) is 13.9. The van der Waals surface area contributed by atoms with Gasteiger partial charge in [0.05, 0.1) is 0 Å². The van der Waals surface area contributed by atoms with Crippen LogP contribution in [0, 0.1) is 11.8 Å². The molecule has 0 unspecified atom stereocenters. The van der Waals surface area contributed by atoms with Crippen molar-refractivity contribution in [3.05, 3.63) is 107 Å². The van der Waals surface area contributed by atoms with Crippen LogP contribution in [-0.2, 0) is 0 Å². The minimum Gasteiger partial charge on any atom is -0.0732 e. The van der Waals surface area contributed by atoms with Crippen LogP contribution in [-0.4, -0.2) is 0 Å². The van der Waals surface area contributed by atoms with Crippen LogP contribution in [0.5, 0.6) is 0 Å². The van der Waals surface area contributed by atoms with E-state index in [1.54, 1.807) is 5.57 Å². The van der Waals surface area contributed by atoms with Gasteiger partial charge in [-0.1, -0.05) is 118 Å². The molecular weight excluding hydrogens is 420 g/mol. The molecule has 0 atom stereocenters. The van der Waals surface area contributed by atoms with Gasteiger partial charge in [0, 0.05) is 5.92 Å². The first kappa shape index (κ1) is 22.1. The van der Waals surface area contributed by atoms with Crippen molar-refractivity contribution in [2.75, 3.05) is 0 Å². The van der Waals surface area contributed by atoms with Gasteiger partial charge in [-0.3, -0.25) is 0 Å². The van der Waals surface area contributed by atoms with Crippen LogP contribution in [0.25, 0.3) is 44.3 Å². The first-order valence-corrected chi connectivity index (χ1v) is 13.2. The van der Waals surface area contributed by atoms with Gasteiger partial charge in [-0.2, -0.15) is 0 Å². The maximum atomic E-state index is 2.44. The summed E-state index contributed by atoms with van der Waals surface area (Å²) in [5.74, 6) is 1.59. The van der Waals surface area contributed by atoms with E-state index in [1.807, 2.05) is 0 Å². The van der Waals surface area contributed by atoms with Crippen molar-refractivity contribution in [3.8, 4) is 11.1 Å². The third-order valence-electron chi connectivity index (χ3n) is 7.57. The number of hydrogen-bond donors (Lipinski definition) is 0. The summed E-state index contributed by atoms with van der Waals surface area (Å²) in [5, 5.41) is 8.42. The lowest BCUT2D eigenvalue weighted by molar-refractivity contribution is 0.613. The SMILES string of the molecule is CC(C)CC(CC(C)C)=c1ccc2c(c1C1C=CC=C1)c1c(c3ccccc32)-c2ccccc2C=1. The van der Waals surface area contributed by atoms with Crippen molar-refractivity contribution in [2.45, 2.75) is 46.5 Å². The number of benzene rings is 4. The summed E-state index contributed by atoms with van der Waals surface area (Å²) in [6.45, 7) is 9.41. The molecule has 6 rings (SSSR count). The van der Waals surface area contributed by atoms with Crippen LogP contribution in [0.3, 0.4) is 0 Å². The van der Waals surface area contributed by atoms with Crippen molar-refractivity contribution < 1.29 is 0 Å². The van der Waals surface area contributed by atoms with Crippen molar-refractivity contribution in [1.82, 2.24) is 0 Å². The predicted molar refractivity (Wildman–Crippen MR) is 153 cm³/mol. The molecule has 0 spiro atoms. The average Bonchev–Trinajstić information content (AvgIpc) is 3.51. The van der Waals surface area contributed by atoms with Crippen molar-refractivity contribution in [2.24, 2.45) is 11.8 Å². The molecule has 0 nitrogen and oxygen atoms in total. The van der Waals surface area contributed by atoms with Crippen molar-refractivity contribution in [3.63, 3.8) is 0 Å². The molecule has 0 N–H and O–H groups in total. The van der Waals surface area contributed by atoms with E-state index in [1.165, 1.54) is 54.2 Å². The topological polar surface area (TPSA) is 0 Å². The molecule has 4 aromatic carbocycles. The van der Waals surface area contributed by atoms with Gasteiger partial charge >= 0.3 is 0 Å². The Labute approximate surface area is 209 Å². The molecule has 0 heteroatoms. The molecular formula is C35H34. The highest BCUT2D eigenvalue weighted by atomic mass is 14.3. The van der Waals surface area contributed by atoms with E-state index in [2.05, 4.69) is 119 Å². The standard InChI is InChI=1S/C35H34/c1-22(2)19-26(20-23(3)4)28-17-18-31-29-15-9-10-16-30(29)34-27-14-8-7-13-25(27)21-32(34)35(31)33(28)24-11-5-6-12-24/h5-18,21-24H,19-20H2,1-4H3. The predicted octanol–water partition coefficient (Wildman–Crippen LogP) is 8.25. The molecule has 35 heavy (non-hydrogen) atoms. The first-order chi connectivity index (χ1) is 17.0. The van der Waals surface area contributed by atoms with Gasteiger partial charge in [0.1, 0.15) is 0 Å². The second-order valence-corrected chi connectivity index (χ2v) is 11.1. The molecule has 0 saturated carbocycles. The monoisotopic (exact) mass is 454 g/mol. The van der Waals surface area contributed by atoms with Gasteiger partial charge in [-0.05, 0) is 85.0 Å². The summed E-state index contributed by atoms with van der Waals surface area (Å²) < 4.78 is 0. The normalized spacial score (nSPS) is 14.3. The van der Waals surface area contributed by atoms with E-state index in [0.717, 1.165) is 12.8 Å². The molecule has 0 fully saturated rings. The average molecular weight is 455 g/mol. The fourth-order valence-corrected chi connectivity index (χ4v) is 6.35. The molecule has 2 aliphatic carbocycles. The quantitative estimate of drug-likeness (QED) is 0.235. The Kier molecular flexibility index (Phi) is 5.49. The molecule has 0 amide bonds. The fraction of sp³-hybridized carbons (Fsp3) is 0.257. The third kappa shape index (κ3) is 3.67. The van der Waals surface area contributed by atoms with E-state index in [-0.39, 0.29) is 0 Å². The Balaban J connectivity index is 1.85. The van der Waals surface area contributed by atoms with Gasteiger partial charge in [0.15, 0.2) is 0 Å². The zero-order valence-corrected chi connectivity index (χ0v) is 21.3. The minimum atomic E-state index is 0.311. The van der Waals surface area contributed by atoms with Crippen LogP contribution in [0.15, 0.2) is 85.0 Å². The highest BCUT2D eigenvalue weighted by Crippen LogP contribution is 2.39. The molecule has 174 valence electrons. The van der Waals surface area contributed by atoms with Crippen LogP contribution in [0.2, 0.25) is 0 Å². The Morgan fingerprint density at radius 2 is 1.37 bits per heavy atom. The lowest BCUT2D eigenvalue weighted by Crippen LogP contribution is -2.21. The minimum absolute atomic E-state index is 0.311. The van der Waals surface area contributed by atoms with Crippen LogP contribution in [0.1, 0.15) is 57.6 Å². The summed E-state index contributed by atoms with van der Waals surface area (Å²) in [6, 6.07) is 22.8. The van der Waals surface area contributed by atoms with E-state index >= 15 is 0 Å². The summed E-state index contributed by atoms with van der Waals surface area (Å²) >= 11 is 0. The van der Waals surface area contributed by atoms with Gasteiger partial charge in [0.25, 0.3) is 0 Å². The van der Waals surface area contributed by atoms with Gasteiger partial charge in [-0.15, -0.1) is 0 Å². The van der Waals surface area contributed by atoms with Crippen LogP contribution >= 0.6 is 0 Å². The summed E-state index contributed by atoms with van der Waals surface area (Å²) in [5.41, 5.74) is 7.21. The molecule has 0 heterocycles. The van der Waals surface area contributed by atoms with Gasteiger partial charge < -0.3 is 0 Å². The molecule has 0 aromatic heterocycles. The second kappa shape index (κ2) is 8.68. The van der Waals surface area contributed by atoms with Crippen molar-refractivity contribution >= 4 is 33.2 Å². The molecule has 0 bridgehead atoms. The number of hydrogen-bond acceptors (Lipinski definition) is 0. The highest BCUT2D eigenvalue weighted by Gasteiger charge is 2.23. The Morgan fingerprint density at radius 1 is 0.714 bits per heavy atom. The van der Waals surface area contributed by atoms with E-state index in [4.69, 9.17) is 0 Å². The Morgan fingerprint density at radius 3 is 2.09 bits per heavy atom. The lowest BCUT2D eigenvalue weighted by atomic mass is 9.83. The molecule has 0 aliphatic heterocycles. The molecule has 0 saturated heterocycles. The van der Waals surface area contributed by atoms with Crippen LogP contribution < -0.4 is 10.4 Å². The maximum absolute atomic E-state index is 2.44. The fourth-order valence-electron chi connectivity index (χ4n) is 6.35. The number of fused-ring (bicyclic) bond motifs is 8. The van der Waals surface area contributed by atoms with E-state index in [0.29, 0.717) is 17.8 Å². The lowest BCUT2D eigenvalue weighted by Gasteiger charge is -2.20. The maximum Gasteiger partial charge on any atom is 0.0217 e.